The molecule has 0 bridgehead atoms. The summed E-state index contributed by atoms with van der Waals surface area (Å²) in [4.78, 5) is 4.94. The zero-order chi connectivity index (χ0) is 15.4. The van der Waals surface area contributed by atoms with Crippen LogP contribution in [0, 0.1) is 11.8 Å². The van der Waals surface area contributed by atoms with E-state index in [2.05, 4.69) is 16.5 Å². The van der Waals surface area contributed by atoms with E-state index in [1.54, 1.807) is 0 Å². The number of anilines is 1. The van der Waals surface area contributed by atoms with Gasteiger partial charge in [-0.25, -0.2) is 4.98 Å². The lowest BCUT2D eigenvalue weighted by Crippen LogP contribution is -2.22. The average Bonchev–Trinajstić information content (AvgIpc) is 3.45. The van der Waals surface area contributed by atoms with Gasteiger partial charge in [-0.05, 0) is 56.8 Å². The van der Waals surface area contributed by atoms with Crippen molar-refractivity contribution in [2.75, 3.05) is 5.32 Å². The van der Waals surface area contributed by atoms with Crippen molar-refractivity contribution in [3.05, 3.63) is 24.0 Å². The minimum Gasteiger partial charge on any atom is -0.367 e. The third-order valence-corrected chi connectivity index (χ3v) is 5.81. The molecule has 2 heterocycles. The van der Waals surface area contributed by atoms with Gasteiger partial charge < -0.3 is 11.1 Å². The molecule has 5 nitrogen and oxygen atoms in total. The molecule has 0 saturated heterocycles. The number of nitrogens with zero attached hydrogens (tertiary/aromatic N) is 3. The van der Waals surface area contributed by atoms with Crippen molar-refractivity contribution < 1.29 is 0 Å². The largest absolute Gasteiger partial charge is 0.367 e. The second kappa shape index (κ2) is 5.20. The first-order valence-corrected chi connectivity index (χ1v) is 9.15. The Balaban J connectivity index is 1.50. The van der Waals surface area contributed by atoms with E-state index in [9.17, 15) is 0 Å². The molecule has 2 atom stereocenters. The number of nitrogens with two attached hydrogens (primary N) is 1. The highest BCUT2D eigenvalue weighted by molar-refractivity contribution is 5.50. The van der Waals surface area contributed by atoms with Crippen molar-refractivity contribution in [3.63, 3.8) is 0 Å². The fourth-order valence-electron chi connectivity index (χ4n) is 4.34. The molecule has 122 valence electrons. The van der Waals surface area contributed by atoms with Gasteiger partial charge in [-0.3, -0.25) is 0 Å². The van der Waals surface area contributed by atoms with E-state index >= 15 is 0 Å². The molecule has 23 heavy (non-hydrogen) atoms. The lowest BCUT2D eigenvalue weighted by molar-refractivity contribution is 0.524. The average molecular weight is 311 g/mol. The second-order valence-corrected chi connectivity index (χ2v) is 7.78. The van der Waals surface area contributed by atoms with Crippen LogP contribution in [-0.2, 0) is 0 Å². The summed E-state index contributed by atoms with van der Waals surface area (Å²) in [5, 5.41) is 8.16. The quantitative estimate of drug-likeness (QED) is 0.891. The van der Waals surface area contributed by atoms with Crippen molar-refractivity contribution in [2.45, 2.75) is 62.9 Å². The van der Waals surface area contributed by atoms with E-state index in [1.165, 1.54) is 31.4 Å². The minimum atomic E-state index is 0.340. The van der Waals surface area contributed by atoms with Gasteiger partial charge in [0.05, 0.1) is 11.9 Å². The summed E-state index contributed by atoms with van der Waals surface area (Å²) in [5.41, 5.74) is 8.33. The molecule has 3 N–H and O–H groups in total. The van der Waals surface area contributed by atoms with E-state index in [4.69, 9.17) is 10.7 Å². The predicted molar refractivity (Wildman–Crippen MR) is 90.4 cm³/mol. The van der Waals surface area contributed by atoms with Crippen LogP contribution in [0.15, 0.2) is 18.3 Å². The second-order valence-electron chi connectivity index (χ2n) is 7.78. The molecular weight excluding hydrogens is 286 g/mol. The summed E-state index contributed by atoms with van der Waals surface area (Å²) in [6.07, 6.45) is 10.7. The van der Waals surface area contributed by atoms with E-state index < -0.39 is 0 Å². The third kappa shape index (κ3) is 2.61. The Morgan fingerprint density at radius 1 is 1.13 bits per heavy atom. The Kier molecular flexibility index (Phi) is 3.11. The summed E-state index contributed by atoms with van der Waals surface area (Å²) in [7, 11) is 0. The maximum Gasteiger partial charge on any atom is 0.157 e. The Labute approximate surface area is 136 Å². The molecular formula is C18H25N5. The number of fused-ring (bicyclic) bond motifs is 1. The number of aromatic nitrogens is 3. The zero-order valence-electron chi connectivity index (χ0n) is 13.5. The van der Waals surface area contributed by atoms with Gasteiger partial charge in [0.25, 0.3) is 0 Å². The van der Waals surface area contributed by atoms with Crippen LogP contribution in [0.25, 0.3) is 5.65 Å². The maximum absolute atomic E-state index is 6.07. The van der Waals surface area contributed by atoms with Crippen LogP contribution in [0.5, 0.6) is 0 Å². The van der Waals surface area contributed by atoms with Gasteiger partial charge >= 0.3 is 0 Å². The Bertz CT molecular complexity index is 703. The molecule has 3 aliphatic rings. The molecule has 2 aromatic heterocycles. The highest BCUT2D eigenvalue weighted by Crippen LogP contribution is 2.54. The lowest BCUT2D eigenvalue weighted by atomic mass is 9.93. The van der Waals surface area contributed by atoms with Crippen molar-refractivity contribution in [3.8, 4) is 0 Å². The molecule has 5 heteroatoms. The van der Waals surface area contributed by atoms with E-state index in [0.29, 0.717) is 18.0 Å². The molecule has 0 aliphatic heterocycles. The van der Waals surface area contributed by atoms with Crippen LogP contribution in [0.4, 0.5) is 5.82 Å². The van der Waals surface area contributed by atoms with Gasteiger partial charge in [0.1, 0.15) is 5.82 Å². The number of hydrogen-bond acceptors (Lipinski definition) is 4. The van der Waals surface area contributed by atoms with Crippen LogP contribution >= 0.6 is 0 Å². The first-order valence-electron chi connectivity index (χ1n) is 9.15. The van der Waals surface area contributed by atoms with Gasteiger partial charge in [-0.1, -0.05) is 0 Å². The van der Waals surface area contributed by atoms with Crippen LogP contribution < -0.4 is 11.1 Å². The summed E-state index contributed by atoms with van der Waals surface area (Å²) in [6, 6.07) is 5.09. The first-order chi connectivity index (χ1) is 11.3. The Morgan fingerprint density at radius 2 is 1.91 bits per heavy atom. The van der Waals surface area contributed by atoms with Crippen molar-refractivity contribution in [1.82, 2.24) is 14.6 Å². The van der Waals surface area contributed by atoms with Crippen LogP contribution in [0.3, 0.4) is 0 Å². The van der Waals surface area contributed by atoms with E-state index in [-0.39, 0.29) is 0 Å². The maximum atomic E-state index is 6.07. The fraction of sp³-hybridized carbons (Fsp3) is 0.667. The van der Waals surface area contributed by atoms with Gasteiger partial charge in [-0.15, -0.1) is 0 Å². The fourth-order valence-corrected chi connectivity index (χ4v) is 4.34. The third-order valence-electron chi connectivity index (χ3n) is 5.81. The number of hydrogen-bond donors (Lipinski definition) is 2. The molecule has 0 aromatic carbocycles. The molecule has 0 spiro atoms. The summed E-state index contributed by atoms with van der Waals surface area (Å²) in [6.45, 7) is 0. The number of rotatable bonds is 5. The Morgan fingerprint density at radius 3 is 2.57 bits per heavy atom. The van der Waals surface area contributed by atoms with Crippen molar-refractivity contribution in [1.29, 1.82) is 0 Å². The summed E-state index contributed by atoms with van der Waals surface area (Å²) >= 11 is 0. The highest BCUT2D eigenvalue weighted by Gasteiger charge is 2.43. The van der Waals surface area contributed by atoms with E-state index in [1.807, 2.05) is 16.8 Å². The van der Waals surface area contributed by atoms with Crippen LogP contribution in [0.1, 0.15) is 56.6 Å². The molecule has 3 fully saturated rings. The minimum absolute atomic E-state index is 0.340. The normalized spacial score (nSPS) is 27.9. The SMILES string of the molecule is N[C@H]1CCC(Nc2cc(C(C3CC3)C3CC3)nc3ccnn23)C1. The Hall–Kier alpha value is -1.62. The van der Waals surface area contributed by atoms with Gasteiger partial charge in [-0.2, -0.15) is 9.61 Å². The predicted octanol–water partition coefficient (Wildman–Crippen LogP) is 2.92. The number of nitrogens with one attached hydrogen (secondary N) is 1. The van der Waals surface area contributed by atoms with Gasteiger partial charge in [0, 0.05) is 30.1 Å². The lowest BCUT2D eigenvalue weighted by Gasteiger charge is -2.19. The van der Waals surface area contributed by atoms with Crippen LogP contribution in [-0.4, -0.2) is 26.7 Å². The van der Waals surface area contributed by atoms with Gasteiger partial charge in [0.2, 0.25) is 0 Å². The van der Waals surface area contributed by atoms with Crippen molar-refractivity contribution >= 4 is 11.5 Å². The topological polar surface area (TPSA) is 68.2 Å². The van der Waals surface area contributed by atoms with Gasteiger partial charge in [0.15, 0.2) is 5.65 Å². The molecule has 3 aliphatic carbocycles. The standard InChI is InChI=1S/C18H25N5/c19-13-5-6-14(9-13)21-17-10-15(22-16-7-8-20-23(16)17)18(11-1-2-11)12-3-4-12/h7-8,10-14,18,21H,1-6,9,19H2/t13-,14?/m0/s1. The summed E-state index contributed by atoms with van der Waals surface area (Å²) < 4.78 is 1.95. The smallest absolute Gasteiger partial charge is 0.157 e. The molecule has 1 unspecified atom stereocenters. The van der Waals surface area contributed by atoms with Crippen molar-refractivity contribution in [2.24, 2.45) is 17.6 Å². The zero-order valence-corrected chi connectivity index (χ0v) is 13.5. The molecule has 0 amide bonds. The molecule has 5 rings (SSSR count). The van der Waals surface area contributed by atoms with Crippen LogP contribution in [0.2, 0.25) is 0 Å². The van der Waals surface area contributed by atoms with E-state index in [0.717, 1.165) is 42.6 Å². The monoisotopic (exact) mass is 311 g/mol. The highest BCUT2D eigenvalue weighted by atomic mass is 15.3. The molecule has 0 radical (unpaired) electrons. The summed E-state index contributed by atoms with van der Waals surface area (Å²) in [5.74, 6) is 3.50. The molecule has 2 aromatic rings. The molecule has 3 saturated carbocycles. The first kappa shape index (κ1) is 13.8.